The first kappa shape index (κ1) is 15.5. The van der Waals surface area contributed by atoms with Crippen molar-refractivity contribution in [2.24, 2.45) is 5.73 Å². The molecule has 0 fully saturated rings. The minimum Gasteiger partial charge on any atom is -0.351 e. The number of nitrogens with two attached hydrogens (primary N) is 1. The van der Waals surface area contributed by atoms with Crippen LogP contribution in [0.2, 0.25) is 4.34 Å². The lowest BCUT2D eigenvalue weighted by Gasteiger charge is -2.10. The molecular formula is C14H14ClN3O2S. The van der Waals surface area contributed by atoms with Crippen LogP contribution in [0.1, 0.15) is 20.0 Å². The topological polar surface area (TPSA) is 84.2 Å². The fraction of sp³-hybridized carbons (Fsp3) is 0.143. The Morgan fingerprint density at radius 1 is 1.14 bits per heavy atom. The molecule has 2 rings (SSSR count). The van der Waals surface area contributed by atoms with Gasteiger partial charge in [0.15, 0.2) is 0 Å². The first-order valence-corrected chi connectivity index (χ1v) is 7.45. The molecule has 0 aliphatic heterocycles. The monoisotopic (exact) mass is 323 g/mol. The highest BCUT2D eigenvalue weighted by Gasteiger charge is 2.14. The Labute approximate surface area is 131 Å². The molecular weight excluding hydrogens is 310 g/mol. The van der Waals surface area contributed by atoms with Crippen LogP contribution >= 0.6 is 22.9 Å². The van der Waals surface area contributed by atoms with E-state index in [0.29, 0.717) is 33.6 Å². The molecule has 0 bridgehead atoms. The molecule has 110 valence electrons. The largest absolute Gasteiger partial charge is 0.351 e. The third-order valence-corrected chi connectivity index (χ3v) is 3.88. The van der Waals surface area contributed by atoms with Gasteiger partial charge in [0.25, 0.3) is 11.8 Å². The molecule has 21 heavy (non-hydrogen) atoms. The molecule has 2 aromatic rings. The predicted molar refractivity (Wildman–Crippen MR) is 85.1 cm³/mol. The summed E-state index contributed by atoms with van der Waals surface area (Å²) in [6.45, 7) is 0.732. The number of rotatable bonds is 5. The maximum Gasteiger partial charge on any atom is 0.265 e. The second-order valence-electron chi connectivity index (χ2n) is 4.15. The first-order chi connectivity index (χ1) is 10.1. The summed E-state index contributed by atoms with van der Waals surface area (Å²) in [5, 5.41) is 5.39. The number of halogens is 1. The molecule has 1 heterocycles. The highest BCUT2D eigenvalue weighted by atomic mass is 35.5. The maximum absolute atomic E-state index is 12.1. The van der Waals surface area contributed by atoms with Gasteiger partial charge in [0, 0.05) is 13.1 Å². The van der Waals surface area contributed by atoms with E-state index in [2.05, 4.69) is 10.6 Å². The van der Waals surface area contributed by atoms with Gasteiger partial charge in [-0.05, 0) is 24.3 Å². The van der Waals surface area contributed by atoms with Crippen molar-refractivity contribution in [3.8, 4) is 0 Å². The van der Waals surface area contributed by atoms with Crippen molar-refractivity contribution in [3.05, 3.63) is 51.2 Å². The molecule has 0 radical (unpaired) electrons. The highest BCUT2D eigenvalue weighted by Crippen LogP contribution is 2.23. The van der Waals surface area contributed by atoms with Gasteiger partial charge in [-0.2, -0.15) is 0 Å². The van der Waals surface area contributed by atoms with Crippen molar-refractivity contribution in [1.29, 1.82) is 0 Å². The molecule has 7 heteroatoms. The number of nitrogens with one attached hydrogen (secondary N) is 2. The summed E-state index contributed by atoms with van der Waals surface area (Å²) >= 11 is 6.99. The summed E-state index contributed by atoms with van der Waals surface area (Å²) in [7, 11) is 0. The first-order valence-electron chi connectivity index (χ1n) is 6.26. The average Bonchev–Trinajstić information content (AvgIpc) is 2.92. The fourth-order valence-corrected chi connectivity index (χ4v) is 2.63. The average molecular weight is 324 g/mol. The molecule has 1 aromatic carbocycles. The second-order valence-corrected chi connectivity index (χ2v) is 5.86. The van der Waals surface area contributed by atoms with Crippen LogP contribution in [0.5, 0.6) is 0 Å². The number of para-hydroxylation sites is 1. The molecule has 0 saturated heterocycles. The molecule has 0 atom stereocenters. The van der Waals surface area contributed by atoms with Crippen LogP contribution in [-0.4, -0.2) is 24.9 Å². The van der Waals surface area contributed by atoms with Gasteiger partial charge in [0.2, 0.25) is 0 Å². The van der Waals surface area contributed by atoms with E-state index in [9.17, 15) is 9.59 Å². The molecule has 0 aliphatic carbocycles. The maximum atomic E-state index is 12.1. The van der Waals surface area contributed by atoms with Crippen molar-refractivity contribution < 1.29 is 9.59 Å². The minimum atomic E-state index is -0.300. The Kier molecular flexibility index (Phi) is 5.32. The van der Waals surface area contributed by atoms with Gasteiger partial charge in [-0.3, -0.25) is 9.59 Å². The van der Waals surface area contributed by atoms with Crippen molar-refractivity contribution in [1.82, 2.24) is 5.32 Å². The van der Waals surface area contributed by atoms with Crippen molar-refractivity contribution >= 4 is 40.4 Å². The Hall–Kier alpha value is -1.89. The third kappa shape index (κ3) is 4.04. The molecule has 4 N–H and O–H groups in total. The number of anilines is 1. The zero-order valence-corrected chi connectivity index (χ0v) is 12.6. The quantitative estimate of drug-likeness (QED) is 0.789. The normalized spacial score (nSPS) is 10.2. The van der Waals surface area contributed by atoms with Crippen molar-refractivity contribution in [2.45, 2.75) is 0 Å². The zero-order valence-electron chi connectivity index (χ0n) is 11.1. The van der Waals surface area contributed by atoms with Crippen LogP contribution in [0.25, 0.3) is 0 Å². The number of carbonyl (C=O) groups excluding carboxylic acids is 2. The number of benzene rings is 1. The molecule has 0 aliphatic rings. The Bertz CT molecular complexity index is 657. The summed E-state index contributed by atoms with van der Waals surface area (Å²) in [6, 6.07) is 10.1. The highest BCUT2D eigenvalue weighted by molar-refractivity contribution is 7.18. The molecule has 0 spiro atoms. The molecule has 5 nitrogen and oxygen atoms in total. The predicted octanol–water partition coefficient (Wildman–Crippen LogP) is 2.34. The van der Waals surface area contributed by atoms with Gasteiger partial charge < -0.3 is 16.4 Å². The Morgan fingerprint density at radius 2 is 1.90 bits per heavy atom. The smallest absolute Gasteiger partial charge is 0.265 e. The van der Waals surface area contributed by atoms with Crippen molar-refractivity contribution in [3.63, 3.8) is 0 Å². The summed E-state index contributed by atoms with van der Waals surface area (Å²) in [5.41, 5.74) is 6.19. The zero-order chi connectivity index (χ0) is 15.2. The van der Waals surface area contributed by atoms with Crippen LogP contribution in [0.15, 0.2) is 36.4 Å². The summed E-state index contributed by atoms with van der Waals surface area (Å²) < 4.78 is 0.536. The van der Waals surface area contributed by atoms with E-state index in [4.69, 9.17) is 17.3 Å². The van der Waals surface area contributed by atoms with Gasteiger partial charge >= 0.3 is 0 Å². The van der Waals surface area contributed by atoms with Gasteiger partial charge in [-0.25, -0.2) is 0 Å². The number of hydrogen-bond acceptors (Lipinski definition) is 4. The lowest BCUT2D eigenvalue weighted by Crippen LogP contribution is -2.29. The van der Waals surface area contributed by atoms with Crippen LogP contribution in [0.4, 0.5) is 5.69 Å². The van der Waals surface area contributed by atoms with E-state index in [-0.39, 0.29) is 11.8 Å². The van der Waals surface area contributed by atoms with Gasteiger partial charge in [0.05, 0.1) is 20.5 Å². The van der Waals surface area contributed by atoms with Crippen LogP contribution in [-0.2, 0) is 0 Å². The SMILES string of the molecule is NCCNC(=O)c1ccccc1NC(=O)c1ccc(Cl)s1. The van der Waals surface area contributed by atoms with E-state index in [1.807, 2.05) is 0 Å². The lowest BCUT2D eigenvalue weighted by molar-refractivity contribution is 0.0955. The fourth-order valence-electron chi connectivity index (χ4n) is 1.69. The van der Waals surface area contributed by atoms with E-state index < -0.39 is 0 Å². The third-order valence-electron chi connectivity index (χ3n) is 2.65. The standard InChI is InChI=1S/C14H14ClN3O2S/c15-12-6-5-11(21-12)14(20)18-10-4-2-1-3-9(10)13(19)17-8-7-16/h1-6H,7-8,16H2,(H,17,19)(H,18,20). The van der Waals surface area contributed by atoms with Gasteiger partial charge in [-0.1, -0.05) is 23.7 Å². The number of amides is 2. The lowest BCUT2D eigenvalue weighted by atomic mass is 10.1. The summed E-state index contributed by atoms with van der Waals surface area (Å²) in [5.74, 6) is -0.577. The summed E-state index contributed by atoms with van der Waals surface area (Å²) in [6.07, 6.45) is 0. The summed E-state index contributed by atoms with van der Waals surface area (Å²) in [4.78, 5) is 24.6. The second kappa shape index (κ2) is 7.21. The molecule has 2 amide bonds. The molecule has 0 unspecified atom stereocenters. The van der Waals surface area contributed by atoms with Crippen molar-refractivity contribution in [2.75, 3.05) is 18.4 Å². The Balaban J connectivity index is 2.16. The van der Waals surface area contributed by atoms with Crippen LogP contribution < -0.4 is 16.4 Å². The van der Waals surface area contributed by atoms with E-state index in [1.54, 1.807) is 36.4 Å². The van der Waals surface area contributed by atoms with Crippen LogP contribution in [0, 0.1) is 0 Å². The molecule has 1 aromatic heterocycles. The van der Waals surface area contributed by atoms with Crippen LogP contribution in [0.3, 0.4) is 0 Å². The molecule has 0 saturated carbocycles. The van der Waals surface area contributed by atoms with Gasteiger partial charge in [0.1, 0.15) is 0 Å². The number of thiophene rings is 1. The minimum absolute atomic E-state index is 0.277. The Morgan fingerprint density at radius 3 is 2.57 bits per heavy atom. The van der Waals surface area contributed by atoms with E-state index in [1.165, 1.54) is 11.3 Å². The van der Waals surface area contributed by atoms with E-state index in [0.717, 1.165) is 0 Å². The number of carbonyl (C=O) groups is 2. The van der Waals surface area contributed by atoms with Gasteiger partial charge in [-0.15, -0.1) is 11.3 Å². The van der Waals surface area contributed by atoms with E-state index >= 15 is 0 Å². The number of hydrogen-bond donors (Lipinski definition) is 3.